The molecule has 0 atom stereocenters. The van der Waals surface area contributed by atoms with Crippen LogP contribution < -0.4 is 5.32 Å². The van der Waals surface area contributed by atoms with Gasteiger partial charge in [0.1, 0.15) is 0 Å². The van der Waals surface area contributed by atoms with Crippen LogP contribution in [0, 0.1) is 0 Å². The van der Waals surface area contributed by atoms with E-state index in [0.717, 1.165) is 12.8 Å². The molecular formula is C17H26N4O3. The molecule has 1 aromatic rings. The summed E-state index contributed by atoms with van der Waals surface area (Å²) in [5.74, 6) is 0.188. The fourth-order valence-electron chi connectivity index (χ4n) is 2.05. The van der Waals surface area contributed by atoms with Crippen LogP contribution in [0.25, 0.3) is 0 Å². The maximum atomic E-state index is 12.4. The molecule has 0 saturated heterocycles. The predicted octanol–water partition coefficient (Wildman–Crippen LogP) is 3.18. The van der Waals surface area contributed by atoms with Gasteiger partial charge in [-0.05, 0) is 31.0 Å². The monoisotopic (exact) mass is 334 g/mol. The molecule has 0 radical (unpaired) electrons. The van der Waals surface area contributed by atoms with Crippen LogP contribution in [-0.2, 0) is 11.2 Å². The van der Waals surface area contributed by atoms with Gasteiger partial charge in [-0.3, -0.25) is 4.90 Å². The van der Waals surface area contributed by atoms with Crippen molar-refractivity contribution in [3.63, 3.8) is 0 Å². The van der Waals surface area contributed by atoms with Gasteiger partial charge < -0.3 is 15.0 Å². The van der Waals surface area contributed by atoms with Crippen molar-refractivity contribution in [3.8, 4) is 0 Å². The van der Waals surface area contributed by atoms with Crippen molar-refractivity contribution >= 4 is 23.8 Å². The maximum absolute atomic E-state index is 12.4. The van der Waals surface area contributed by atoms with Crippen LogP contribution in [0.4, 0.5) is 15.3 Å². The molecule has 0 heterocycles. The number of ether oxygens (including phenoxy) is 1. The number of anilines is 1. The van der Waals surface area contributed by atoms with E-state index in [4.69, 9.17) is 4.74 Å². The van der Waals surface area contributed by atoms with Crippen LogP contribution in [0.3, 0.4) is 0 Å². The van der Waals surface area contributed by atoms with Crippen LogP contribution in [-0.4, -0.2) is 55.6 Å². The first kappa shape index (κ1) is 19.5. The van der Waals surface area contributed by atoms with Gasteiger partial charge in [0.2, 0.25) is 5.96 Å². The summed E-state index contributed by atoms with van der Waals surface area (Å²) in [6, 6.07) is 7.29. The molecular weight excluding hydrogens is 308 g/mol. The zero-order valence-corrected chi connectivity index (χ0v) is 15.0. The van der Waals surface area contributed by atoms with E-state index in [1.165, 1.54) is 10.5 Å². The molecule has 7 nitrogen and oxygen atoms in total. The zero-order chi connectivity index (χ0) is 18.1. The number of aryl methyl sites for hydroxylation is 1. The van der Waals surface area contributed by atoms with Crippen molar-refractivity contribution in [2.75, 3.05) is 33.1 Å². The number of carbonyl (C=O) groups excluding carboxylic acids is 2. The Morgan fingerprint density at radius 3 is 2.25 bits per heavy atom. The lowest BCUT2D eigenvalue weighted by Gasteiger charge is -2.24. The minimum atomic E-state index is -0.732. The number of rotatable bonds is 4. The number of nitrogens with zero attached hydrogens (tertiary/aromatic N) is 3. The number of carbonyl (C=O) groups is 2. The smallest absolute Gasteiger partial charge is 0.436 e. The first-order valence-corrected chi connectivity index (χ1v) is 7.95. The maximum Gasteiger partial charge on any atom is 0.436 e. The zero-order valence-electron chi connectivity index (χ0n) is 15.0. The van der Waals surface area contributed by atoms with Gasteiger partial charge in [0, 0.05) is 26.8 Å². The van der Waals surface area contributed by atoms with Crippen LogP contribution in [0.2, 0.25) is 0 Å². The Balaban J connectivity index is 2.81. The number of nitrogens with one attached hydrogen (secondary N) is 1. The van der Waals surface area contributed by atoms with Gasteiger partial charge in [-0.2, -0.15) is 0 Å². The fourth-order valence-corrected chi connectivity index (χ4v) is 2.05. The predicted molar refractivity (Wildman–Crippen MR) is 95.4 cm³/mol. The third-order valence-corrected chi connectivity index (χ3v) is 3.21. The second-order valence-electron chi connectivity index (χ2n) is 5.44. The third-order valence-electron chi connectivity index (χ3n) is 3.21. The lowest BCUT2D eigenvalue weighted by atomic mass is 10.1. The van der Waals surface area contributed by atoms with E-state index in [0.29, 0.717) is 5.69 Å². The Bertz CT molecular complexity index is 582. The summed E-state index contributed by atoms with van der Waals surface area (Å²) in [7, 11) is 4.93. The number of hydrogen-bond donors (Lipinski definition) is 1. The minimum absolute atomic E-state index is 0.188. The molecule has 24 heavy (non-hydrogen) atoms. The molecule has 0 aliphatic rings. The molecule has 1 N–H and O–H groups in total. The van der Waals surface area contributed by atoms with Crippen molar-refractivity contribution in [3.05, 3.63) is 29.8 Å². The number of urea groups is 1. The highest BCUT2D eigenvalue weighted by Crippen LogP contribution is 2.12. The van der Waals surface area contributed by atoms with Crippen LogP contribution >= 0.6 is 0 Å². The van der Waals surface area contributed by atoms with Gasteiger partial charge >= 0.3 is 12.1 Å². The Morgan fingerprint density at radius 1 is 1.12 bits per heavy atom. The highest BCUT2D eigenvalue weighted by Gasteiger charge is 2.18. The van der Waals surface area contributed by atoms with Crippen LogP contribution in [0.5, 0.6) is 0 Å². The second-order valence-corrected chi connectivity index (χ2v) is 5.44. The molecule has 0 aliphatic carbocycles. The molecule has 0 bridgehead atoms. The highest BCUT2D eigenvalue weighted by atomic mass is 16.5. The summed E-state index contributed by atoms with van der Waals surface area (Å²) in [4.78, 5) is 30.6. The molecule has 7 heteroatoms. The van der Waals surface area contributed by atoms with Crippen LogP contribution in [0.1, 0.15) is 25.8 Å². The molecule has 0 aliphatic heterocycles. The summed E-state index contributed by atoms with van der Waals surface area (Å²) in [6.45, 7) is 4.04. The van der Waals surface area contributed by atoms with E-state index in [2.05, 4.69) is 17.2 Å². The first-order valence-electron chi connectivity index (χ1n) is 7.95. The van der Waals surface area contributed by atoms with Gasteiger partial charge in [0.15, 0.2) is 0 Å². The normalized spacial score (nSPS) is 11.0. The first-order chi connectivity index (χ1) is 11.4. The lowest BCUT2D eigenvalue weighted by molar-refractivity contribution is 0.162. The Hall–Kier alpha value is -2.57. The Kier molecular flexibility index (Phi) is 7.74. The molecule has 1 aromatic carbocycles. The summed E-state index contributed by atoms with van der Waals surface area (Å²) < 4.78 is 4.80. The summed E-state index contributed by atoms with van der Waals surface area (Å²) in [6.07, 6.45) is 1.35. The average Bonchev–Trinajstić information content (AvgIpc) is 2.54. The van der Waals surface area contributed by atoms with E-state index in [-0.39, 0.29) is 12.6 Å². The number of guanidine groups is 1. The van der Waals surface area contributed by atoms with Gasteiger partial charge in [0.25, 0.3) is 0 Å². The largest absolute Gasteiger partial charge is 0.448 e. The molecule has 0 spiro atoms. The fraction of sp³-hybridized carbons (Fsp3) is 0.471. The number of aliphatic imine (C=N–C) groups is 1. The van der Waals surface area contributed by atoms with E-state index in [1.54, 1.807) is 33.0 Å². The van der Waals surface area contributed by atoms with Gasteiger partial charge in [0.05, 0.1) is 6.61 Å². The van der Waals surface area contributed by atoms with E-state index in [1.807, 2.05) is 24.3 Å². The average molecular weight is 334 g/mol. The topological polar surface area (TPSA) is 74.2 Å². The van der Waals surface area contributed by atoms with E-state index < -0.39 is 12.1 Å². The van der Waals surface area contributed by atoms with Crippen molar-refractivity contribution in [1.82, 2.24) is 9.80 Å². The second kappa shape index (κ2) is 9.54. The van der Waals surface area contributed by atoms with E-state index >= 15 is 0 Å². The molecule has 0 aromatic heterocycles. The third kappa shape index (κ3) is 5.91. The quantitative estimate of drug-likeness (QED) is 0.678. The van der Waals surface area contributed by atoms with Crippen LogP contribution in [0.15, 0.2) is 29.3 Å². The van der Waals surface area contributed by atoms with E-state index in [9.17, 15) is 9.59 Å². The van der Waals surface area contributed by atoms with Crippen molar-refractivity contribution < 1.29 is 14.3 Å². The van der Waals surface area contributed by atoms with Gasteiger partial charge in [-0.25, -0.2) is 9.59 Å². The van der Waals surface area contributed by atoms with Gasteiger partial charge in [-0.1, -0.05) is 25.5 Å². The number of benzene rings is 1. The summed E-state index contributed by atoms with van der Waals surface area (Å²) in [5, 5.41) is 2.78. The Morgan fingerprint density at radius 2 is 1.75 bits per heavy atom. The van der Waals surface area contributed by atoms with Crippen molar-refractivity contribution in [2.45, 2.75) is 26.7 Å². The Labute approximate surface area is 143 Å². The lowest BCUT2D eigenvalue weighted by Crippen LogP contribution is -2.44. The molecule has 132 valence electrons. The van der Waals surface area contributed by atoms with Crippen molar-refractivity contribution in [2.24, 2.45) is 4.99 Å². The minimum Gasteiger partial charge on any atom is -0.448 e. The number of amides is 3. The summed E-state index contributed by atoms with van der Waals surface area (Å²) in [5.41, 5.74) is 1.91. The van der Waals surface area contributed by atoms with Crippen molar-refractivity contribution in [1.29, 1.82) is 0 Å². The molecule has 1 rings (SSSR count). The highest BCUT2D eigenvalue weighted by molar-refractivity contribution is 6.04. The molecule has 0 fully saturated rings. The number of hydrogen-bond acceptors (Lipinski definition) is 3. The SMILES string of the molecule is CCCc1ccc(NC(=O)N(C)/C(=N\C(=O)OCC)N(C)C)cc1. The molecule has 0 saturated carbocycles. The molecule has 3 amide bonds. The summed E-state index contributed by atoms with van der Waals surface area (Å²) >= 11 is 0. The standard InChI is InChI=1S/C17H26N4O3/c1-6-8-13-9-11-14(12-10-13)18-16(22)21(5)15(20(3)4)19-17(23)24-7-2/h9-12H,6-8H2,1-5H3,(H,18,22)/b19-15-. The van der Waals surface area contributed by atoms with Gasteiger partial charge in [-0.15, -0.1) is 4.99 Å². The molecule has 0 unspecified atom stereocenters.